The highest BCUT2D eigenvalue weighted by Crippen LogP contribution is 2.29. The van der Waals surface area contributed by atoms with Crippen molar-refractivity contribution >= 4 is 26.0 Å². The summed E-state index contributed by atoms with van der Waals surface area (Å²) in [5, 5.41) is 0. The summed E-state index contributed by atoms with van der Waals surface area (Å²) in [5.74, 6) is -1.36. The molecular weight excluding hydrogens is 368 g/mol. The van der Waals surface area contributed by atoms with E-state index in [-0.39, 0.29) is 17.6 Å². The Morgan fingerprint density at radius 3 is 2.62 bits per heavy atom. The van der Waals surface area contributed by atoms with Crippen molar-refractivity contribution in [1.29, 1.82) is 0 Å². The molecule has 0 aromatic heterocycles. The predicted octanol–water partition coefficient (Wildman–Crippen LogP) is 2.77. The topological polar surface area (TPSA) is 46.6 Å². The number of hydrogen-bond acceptors (Lipinski definition) is 3. The van der Waals surface area contributed by atoms with Crippen molar-refractivity contribution in [3.63, 3.8) is 0 Å². The molecule has 0 atom stereocenters. The number of benzene rings is 1. The number of likely N-dealkylation sites (N-methyl/N-ethyl adjacent to an activating group) is 1. The van der Waals surface area contributed by atoms with Crippen LogP contribution in [0.3, 0.4) is 0 Å². The van der Waals surface area contributed by atoms with Gasteiger partial charge in [-0.3, -0.25) is 0 Å². The fourth-order valence-electron chi connectivity index (χ4n) is 1.78. The van der Waals surface area contributed by atoms with Gasteiger partial charge in [-0.05, 0) is 40.8 Å². The van der Waals surface area contributed by atoms with Crippen molar-refractivity contribution in [2.45, 2.75) is 17.7 Å². The number of rotatable bonds is 7. The molecule has 4 nitrogen and oxygen atoms in total. The van der Waals surface area contributed by atoms with Crippen LogP contribution in [0.1, 0.15) is 12.8 Å². The minimum Gasteiger partial charge on any atom is -0.380 e. The van der Waals surface area contributed by atoms with E-state index < -0.39 is 26.6 Å². The van der Waals surface area contributed by atoms with E-state index in [9.17, 15) is 17.2 Å². The van der Waals surface area contributed by atoms with Crippen LogP contribution in [0.15, 0.2) is 21.5 Å². The molecule has 0 N–H and O–H groups in total. The molecule has 0 spiro atoms. The van der Waals surface area contributed by atoms with Crippen molar-refractivity contribution in [2.24, 2.45) is 5.92 Å². The van der Waals surface area contributed by atoms with Gasteiger partial charge in [0.2, 0.25) is 10.0 Å². The van der Waals surface area contributed by atoms with Crippen LogP contribution in [0.25, 0.3) is 0 Å². The first-order valence-corrected chi connectivity index (χ1v) is 8.74. The highest BCUT2D eigenvalue weighted by Gasteiger charge is 2.28. The standard InChI is InChI=1S/C13H16BrF2NO3S/c1-17(4-5-20-8-9-2-3-9)21(18,19)13-11(14)6-10(15)7-12(13)16/h6-7,9H,2-5,8H2,1H3. The summed E-state index contributed by atoms with van der Waals surface area (Å²) in [6.45, 7) is 0.980. The lowest BCUT2D eigenvalue weighted by molar-refractivity contribution is 0.117. The Hall–Kier alpha value is -0.570. The zero-order chi connectivity index (χ0) is 15.6. The van der Waals surface area contributed by atoms with E-state index in [1.165, 1.54) is 7.05 Å². The fraction of sp³-hybridized carbons (Fsp3) is 0.538. The van der Waals surface area contributed by atoms with Gasteiger partial charge in [0, 0.05) is 30.7 Å². The molecule has 118 valence electrons. The van der Waals surface area contributed by atoms with Gasteiger partial charge >= 0.3 is 0 Å². The molecule has 0 amide bonds. The van der Waals surface area contributed by atoms with E-state index in [2.05, 4.69) is 15.9 Å². The minimum absolute atomic E-state index is 0.109. The molecule has 1 aliphatic rings. The number of sulfonamides is 1. The molecule has 1 aromatic carbocycles. The maximum absolute atomic E-state index is 13.8. The first-order valence-electron chi connectivity index (χ1n) is 6.51. The van der Waals surface area contributed by atoms with Gasteiger partial charge in [-0.15, -0.1) is 0 Å². The van der Waals surface area contributed by atoms with E-state index >= 15 is 0 Å². The third kappa shape index (κ3) is 4.21. The first kappa shape index (κ1) is 16.8. The van der Waals surface area contributed by atoms with Crippen molar-refractivity contribution in [1.82, 2.24) is 4.31 Å². The SMILES string of the molecule is CN(CCOCC1CC1)S(=O)(=O)c1c(F)cc(F)cc1Br. The lowest BCUT2D eigenvalue weighted by Crippen LogP contribution is -2.31. The van der Waals surface area contributed by atoms with Crippen LogP contribution in [0.2, 0.25) is 0 Å². The second kappa shape index (κ2) is 6.68. The smallest absolute Gasteiger partial charge is 0.246 e. The Balaban J connectivity index is 2.05. The maximum Gasteiger partial charge on any atom is 0.246 e. The van der Waals surface area contributed by atoms with Gasteiger partial charge in [0.15, 0.2) is 0 Å². The summed E-state index contributed by atoms with van der Waals surface area (Å²) in [6.07, 6.45) is 2.31. The molecule has 1 aliphatic carbocycles. The molecular formula is C13H16BrF2NO3S. The van der Waals surface area contributed by atoms with Crippen molar-refractivity contribution in [3.8, 4) is 0 Å². The second-order valence-electron chi connectivity index (χ2n) is 5.04. The lowest BCUT2D eigenvalue weighted by Gasteiger charge is -2.18. The van der Waals surface area contributed by atoms with E-state index in [0.29, 0.717) is 18.6 Å². The maximum atomic E-state index is 13.8. The van der Waals surface area contributed by atoms with Crippen LogP contribution in [-0.2, 0) is 14.8 Å². The van der Waals surface area contributed by atoms with Crippen molar-refractivity contribution in [2.75, 3.05) is 26.8 Å². The van der Waals surface area contributed by atoms with Crippen molar-refractivity contribution < 1.29 is 21.9 Å². The highest BCUT2D eigenvalue weighted by atomic mass is 79.9. The van der Waals surface area contributed by atoms with E-state index in [4.69, 9.17) is 4.74 Å². The van der Waals surface area contributed by atoms with Crippen LogP contribution in [0.5, 0.6) is 0 Å². The number of hydrogen-bond donors (Lipinski definition) is 0. The van der Waals surface area contributed by atoms with E-state index in [1.807, 2.05) is 0 Å². The fourth-order valence-corrected chi connectivity index (χ4v) is 4.04. The summed E-state index contributed by atoms with van der Waals surface area (Å²) < 4.78 is 57.6. The van der Waals surface area contributed by atoms with E-state index in [1.54, 1.807) is 0 Å². The van der Waals surface area contributed by atoms with Gasteiger partial charge in [-0.2, -0.15) is 4.31 Å². The summed E-state index contributed by atoms with van der Waals surface area (Å²) in [6, 6.07) is 1.47. The largest absolute Gasteiger partial charge is 0.380 e. The third-order valence-electron chi connectivity index (χ3n) is 3.23. The molecule has 0 heterocycles. The van der Waals surface area contributed by atoms with Gasteiger partial charge in [-0.1, -0.05) is 0 Å². The van der Waals surface area contributed by atoms with Crippen LogP contribution >= 0.6 is 15.9 Å². The summed E-state index contributed by atoms with van der Waals surface area (Å²) in [5.41, 5.74) is 0. The molecule has 0 saturated heterocycles. The monoisotopic (exact) mass is 383 g/mol. The van der Waals surface area contributed by atoms with Crippen LogP contribution < -0.4 is 0 Å². The number of halogens is 3. The molecule has 2 rings (SSSR count). The minimum atomic E-state index is -4.04. The molecule has 1 fully saturated rings. The van der Waals surface area contributed by atoms with Gasteiger partial charge in [0.1, 0.15) is 16.5 Å². The Kier molecular flexibility index (Phi) is 5.34. The number of nitrogens with zero attached hydrogens (tertiary/aromatic N) is 1. The Labute approximate surface area is 131 Å². The quantitative estimate of drug-likeness (QED) is 0.680. The van der Waals surface area contributed by atoms with Crippen molar-refractivity contribution in [3.05, 3.63) is 28.2 Å². The summed E-state index contributed by atoms with van der Waals surface area (Å²) >= 11 is 2.89. The third-order valence-corrected chi connectivity index (χ3v) is 6.05. The van der Waals surface area contributed by atoms with Crippen LogP contribution in [0, 0.1) is 17.6 Å². The van der Waals surface area contributed by atoms with Gasteiger partial charge in [-0.25, -0.2) is 17.2 Å². The average Bonchev–Trinajstić information content (AvgIpc) is 3.16. The lowest BCUT2D eigenvalue weighted by atomic mass is 10.3. The summed E-state index contributed by atoms with van der Waals surface area (Å²) in [4.78, 5) is -0.561. The van der Waals surface area contributed by atoms with Crippen LogP contribution in [0.4, 0.5) is 8.78 Å². The molecule has 0 unspecified atom stereocenters. The second-order valence-corrected chi connectivity index (χ2v) is 7.88. The molecule has 21 heavy (non-hydrogen) atoms. The average molecular weight is 384 g/mol. The zero-order valence-corrected chi connectivity index (χ0v) is 13.9. The summed E-state index contributed by atoms with van der Waals surface area (Å²) in [7, 11) is -2.70. The Bertz CT molecular complexity index is 597. The molecule has 0 aliphatic heterocycles. The molecule has 0 bridgehead atoms. The number of ether oxygens (including phenoxy) is 1. The molecule has 8 heteroatoms. The van der Waals surface area contributed by atoms with E-state index in [0.717, 1.165) is 23.2 Å². The van der Waals surface area contributed by atoms with Crippen LogP contribution in [-0.4, -0.2) is 39.5 Å². The van der Waals surface area contributed by atoms with Gasteiger partial charge in [0.05, 0.1) is 6.61 Å². The first-order chi connectivity index (χ1) is 9.82. The van der Waals surface area contributed by atoms with Gasteiger partial charge in [0.25, 0.3) is 0 Å². The highest BCUT2D eigenvalue weighted by molar-refractivity contribution is 9.10. The molecule has 1 saturated carbocycles. The normalized spacial score (nSPS) is 15.7. The Morgan fingerprint density at radius 1 is 1.38 bits per heavy atom. The predicted molar refractivity (Wildman–Crippen MR) is 77.4 cm³/mol. The Morgan fingerprint density at radius 2 is 2.05 bits per heavy atom. The molecule has 0 radical (unpaired) electrons. The van der Waals surface area contributed by atoms with Gasteiger partial charge < -0.3 is 4.74 Å². The molecule has 1 aromatic rings. The zero-order valence-electron chi connectivity index (χ0n) is 11.5.